The highest BCUT2D eigenvalue weighted by atomic mass is 32.2. The lowest BCUT2D eigenvalue weighted by molar-refractivity contribution is -0.117. The van der Waals surface area contributed by atoms with Gasteiger partial charge in [-0.1, -0.05) is 19.1 Å². The number of ether oxygens (including phenoxy) is 2. The topological polar surface area (TPSA) is 84.9 Å². The molecule has 0 aliphatic carbocycles. The molecule has 2 aromatic carbocycles. The standard InChI is InChI=1S/C20H24N2O5S/c1-4-11-26-19-8-6-5-7-17(19)21-28(24,25)16-9-10-20-18(12-16)22(15(3)23)13-14(2)27-20/h5-10,12,14,21H,4,11,13H2,1-3H3. The van der Waals surface area contributed by atoms with Gasteiger partial charge in [0.2, 0.25) is 5.91 Å². The van der Waals surface area contributed by atoms with E-state index in [-0.39, 0.29) is 16.9 Å². The maximum Gasteiger partial charge on any atom is 0.262 e. The van der Waals surface area contributed by atoms with Gasteiger partial charge in [0.05, 0.1) is 29.4 Å². The number of anilines is 2. The largest absolute Gasteiger partial charge is 0.491 e. The van der Waals surface area contributed by atoms with E-state index in [1.54, 1.807) is 30.3 Å². The summed E-state index contributed by atoms with van der Waals surface area (Å²) in [6, 6.07) is 11.4. The Labute approximate surface area is 165 Å². The number of nitrogens with one attached hydrogen (secondary N) is 1. The number of benzene rings is 2. The van der Waals surface area contributed by atoms with Gasteiger partial charge in [0.15, 0.2) is 0 Å². The highest BCUT2D eigenvalue weighted by molar-refractivity contribution is 7.92. The van der Waals surface area contributed by atoms with Crippen molar-refractivity contribution in [3.05, 3.63) is 42.5 Å². The minimum absolute atomic E-state index is 0.0425. The average Bonchev–Trinajstić information content (AvgIpc) is 2.65. The van der Waals surface area contributed by atoms with Crippen LogP contribution in [0.5, 0.6) is 11.5 Å². The second kappa shape index (κ2) is 8.10. The summed E-state index contributed by atoms with van der Waals surface area (Å²) >= 11 is 0. The van der Waals surface area contributed by atoms with E-state index >= 15 is 0 Å². The number of sulfonamides is 1. The van der Waals surface area contributed by atoms with Gasteiger partial charge in [-0.25, -0.2) is 8.42 Å². The van der Waals surface area contributed by atoms with Gasteiger partial charge < -0.3 is 14.4 Å². The first-order valence-corrected chi connectivity index (χ1v) is 10.6. The zero-order valence-corrected chi connectivity index (χ0v) is 17.0. The van der Waals surface area contributed by atoms with Crippen LogP contribution in [0.4, 0.5) is 11.4 Å². The summed E-state index contributed by atoms with van der Waals surface area (Å²) < 4.78 is 39.8. The van der Waals surface area contributed by atoms with Crippen LogP contribution in [0, 0.1) is 0 Å². The Bertz CT molecular complexity index is 974. The molecule has 1 aliphatic rings. The van der Waals surface area contributed by atoms with E-state index in [2.05, 4.69) is 4.72 Å². The highest BCUT2D eigenvalue weighted by Gasteiger charge is 2.28. The van der Waals surface area contributed by atoms with Crippen LogP contribution in [0.3, 0.4) is 0 Å². The number of nitrogens with zero attached hydrogens (tertiary/aromatic N) is 1. The number of carbonyl (C=O) groups is 1. The first kappa shape index (κ1) is 20.0. The number of carbonyl (C=O) groups excluding carboxylic acids is 1. The molecule has 1 N–H and O–H groups in total. The summed E-state index contributed by atoms with van der Waals surface area (Å²) in [5.74, 6) is 0.783. The van der Waals surface area contributed by atoms with Gasteiger partial charge in [0.1, 0.15) is 17.6 Å². The van der Waals surface area contributed by atoms with E-state index < -0.39 is 10.0 Å². The van der Waals surface area contributed by atoms with Crippen molar-refractivity contribution in [1.82, 2.24) is 0 Å². The fraction of sp³-hybridized carbons (Fsp3) is 0.350. The molecule has 0 radical (unpaired) electrons. The number of hydrogen-bond donors (Lipinski definition) is 1. The van der Waals surface area contributed by atoms with Crippen LogP contribution >= 0.6 is 0 Å². The normalized spacial score (nSPS) is 16.1. The number of hydrogen-bond acceptors (Lipinski definition) is 5. The first-order valence-electron chi connectivity index (χ1n) is 9.15. The fourth-order valence-corrected chi connectivity index (χ4v) is 4.07. The molecule has 0 aromatic heterocycles. The molecule has 7 nitrogen and oxygen atoms in total. The Hall–Kier alpha value is -2.74. The van der Waals surface area contributed by atoms with Gasteiger partial charge in [0, 0.05) is 6.92 Å². The van der Waals surface area contributed by atoms with Gasteiger partial charge in [0.25, 0.3) is 10.0 Å². The lowest BCUT2D eigenvalue weighted by Gasteiger charge is -2.33. The van der Waals surface area contributed by atoms with Crippen molar-refractivity contribution < 1.29 is 22.7 Å². The number of amides is 1. The Morgan fingerprint density at radius 3 is 2.75 bits per heavy atom. The van der Waals surface area contributed by atoms with Crippen LogP contribution in [0.2, 0.25) is 0 Å². The molecular formula is C20H24N2O5S. The molecule has 0 fully saturated rings. The van der Waals surface area contributed by atoms with E-state index in [9.17, 15) is 13.2 Å². The van der Waals surface area contributed by atoms with E-state index in [1.165, 1.54) is 24.0 Å². The predicted octanol–water partition coefficient (Wildman–Crippen LogP) is 3.41. The lowest BCUT2D eigenvalue weighted by Crippen LogP contribution is -2.41. The lowest BCUT2D eigenvalue weighted by atomic mass is 10.2. The molecular weight excluding hydrogens is 380 g/mol. The van der Waals surface area contributed by atoms with Crippen molar-refractivity contribution in [2.24, 2.45) is 0 Å². The van der Waals surface area contributed by atoms with E-state index in [1.807, 2.05) is 13.8 Å². The zero-order valence-electron chi connectivity index (χ0n) is 16.1. The molecule has 150 valence electrons. The molecule has 1 heterocycles. The molecule has 0 bridgehead atoms. The molecule has 2 aromatic rings. The molecule has 0 saturated carbocycles. The third-order valence-electron chi connectivity index (χ3n) is 4.27. The predicted molar refractivity (Wildman–Crippen MR) is 108 cm³/mol. The second-order valence-electron chi connectivity index (χ2n) is 6.64. The molecule has 0 spiro atoms. The van der Waals surface area contributed by atoms with Gasteiger partial charge in [-0.15, -0.1) is 0 Å². The minimum atomic E-state index is -3.88. The Kier molecular flexibility index (Phi) is 5.79. The summed E-state index contributed by atoms with van der Waals surface area (Å²) in [5, 5.41) is 0. The van der Waals surface area contributed by atoms with E-state index in [0.717, 1.165) is 6.42 Å². The van der Waals surface area contributed by atoms with Crippen molar-refractivity contribution in [3.63, 3.8) is 0 Å². The van der Waals surface area contributed by atoms with Crippen molar-refractivity contribution in [2.45, 2.75) is 38.2 Å². The van der Waals surface area contributed by atoms with Crippen molar-refractivity contribution in [3.8, 4) is 11.5 Å². The molecule has 0 saturated heterocycles. The maximum atomic E-state index is 12.9. The van der Waals surface area contributed by atoms with Crippen LogP contribution in [-0.2, 0) is 14.8 Å². The Morgan fingerprint density at radius 2 is 2.04 bits per heavy atom. The fourth-order valence-electron chi connectivity index (χ4n) is 2.98. The third kappa shape index (κ3) is 4.22. The SMILES string of the molecule is CCCOc1ccccc1NS(=O)(=O)c1ccc2c(c1)N(C(C)=O)CC(C)O2. The second-order valence-corrected chi connectivity index (χ2v) is 8.32. The molecule has 1 aliphatic heterocycles. The van der Waals surface area contributed by atoms with Gasteiger partial charge in [-0.2, -0.15) is 0 Å². The van der Waals surface area contributed by atoms with Crippen molar-refractivity contribution >= 4 is 27.3 Å². The summed E-state index contributed by atoms with van der Waals surface area (Å²) in [7, 11) is -3.88. The van der Waals surface area contributed by atoms with E-state index in [0.29, 0.717) is 36.0 Å². The zero-order chi connectivity index (χ0) is 20.3. The van der Waals surface area contributed by atoms with Crippen molar-refractivity contribution in [2.75, 3.05) is 22.8 Å². The van der Waals surface area contributed by atoms with Gasteiger partial charge in [-0.3, -0.25) is 9.52 Å². The monoisotopic (exact) mass is 404 g/mol. The van der Waals surface area contributed by atoms with Gasteiger partial charge >= 0.3 is 0 Å². The van der Waals surface area contributed by atoms with Crippen LogP contribution in [0.25, 0.3) is 0 Å². The quantitative estimate of drug-likeness (QED) is 0.798. The van der Waals surface area contributed by atoms with Crippen LogP contribution in [0.15, 0.2) is 47.4 Å². The number of rotatable bonds is 6. The average molecular weight is 404 g/mol. The summed E-state index contributed by atoms with van der Waals surface area (Å²) in [4.78, 5) is 13.6. The maximum absolute atomic E-state index is 12.9. The highest BCUT2D eigenvalue weighted by Crippen LogP contribution is 2.36. The van der Waals surface area contributed by atoms with Crippen LogP contribution < -0.4 is 19.1 Å². The minimum Gasteiger partial charge on any atom is -0.491 e. The molecule has 28 heavy (non-hydrogen) atoms. The van der Waals surface area contributed by atoms with E-state index in [4.69, 9.17) is 9.47 Å². The summed E-state index contributed by atoms with van der Waals surface area (Å²) in [6.07, 6.45) is 0.644. The molecule has 1 unspecified atom stereocenters. The molecule has 1 atom stereocenters. The molecule has 1 amide bonds. The molecule has 8 heteroatoms. The Morgan fingerprint density at radius 1 is 1.29 bits per heavy atom. The number of fused-ring (bicyclic) bond motifs is 1. The first-order chi connectivity index (χ1) is 13.3. The summed E-state index contributed by atoms with van der Waals surface area (Å²) in [6.45, 7) is 6.14. The van der Waals surface area contributed by atoms with Gasteiger partial charge in [-0.05, 0) is 43.7 Å². The summed E-state index contributed by atoms with van der Waals surface area (Å²) in [5.41, 5.74) is 0.811. The van der Waals surface area contributed by atoms with Crippen LogP contribution in [0.1, 0.15) is 27.2 Å². The van der Waals surface area contributed by atoms with Crippen LogP contribution in [-0.4, -0.2) is 33.6 Å². The smallest absolute Gasteiger partial charge is 0.262 e. The van der Waals surface area contributed by atoms with Crippen molar-refractivity contribution in [1.29, 1.82) is 0 Å². The molecule has 3 rings (SSSR count). The number of para-hydroxylation sites is 2. The Balaban J connectivity index is 1.94. The third-order valence-corrected chi connectivity index (χ3v) is 5.64.